The first kappa shape index (κ1) is 19.1. The van der Waals surface area contributed by atoms with Gasteiger partial charge in [-0.1, -0.05) is 26.0 Å². The number of fused-ring (bicyclic) bond motifs is 1. The Balaban J connectivity index is 2.08. The number of thiophene rings is 1. The summed E-state index contributed by atoms with van der Waals surface area (Å²) in [6.07, 6.45) is 2.64. The Morgan fingerprint density at radius 2 is 2.00 bits per heavy atom. The second kappa shape index (κ2) is 8.35. The van der Waals surface area contributed by atoms with Crippen LogP contribution in [0, 0.1) is 0 Å². The van der Waals surface area contributed by atoms with Crippen molar-refractivity contribution >= 4 is 27.5 Å². The molecule has 0 radical (unpaired) electrons. The molecule has 0 fully saturated rings. The van der Waals surface area contributed by atoms with Crippen LogP contribution in [0.2, 0.25) is 0 Å². The van der Waals surface area contributed by atoms with Gasteiger partial charge in [0.25, 0.3) is 5.56 Å². The van der Waals surface area contributed by atoms with Crippen LogP contribution in [0.3, 0.4) is 0 Å². The fraction of sp³-hybridized carbons (Fsp3) is 0.350. The third-order valence-electron chi connectivity index (χ3n) is 4.36. The Morgan fingerprint density at radius 1 is 1.26 bits per heavy atom. The van der Waals surface area contributed by atoms with Gasteiger partial charge in [0.05, 0.1) is 25.4 Å². The monoisotopic (exact) mass is 386 g/mol. The molecule has 0 aliphatic rings. The number of nitrogens with zero attached hydrogens (tertiary/aromatic N) is 2. The summed E-state index contributed by atoms with van der Waals surface area (Å²) in [5.74, 6) is 0.349. The summed E-state index contributed by atoms with van der Waals surface area (Å²) in [6.45, 7) is 4.13. The zero-order chi connectivity index (χ0) is 19.4. The fourth-order valence-electron chi connectivity index (χ4n) is 2.93. The van der Waals surface area contributed by atoms with E-state index in [0.717, 1.165) is 23.3 Å². The Hall–Kier alpha value is -2.67. The zero-order valence-corrected chi connectivity index (χ0v) is 16.4. The Labute approximate surface area is 161 Å². The third kappa shape index (κ3) is 3.73. The van der Waals surface area contributed by atoms with Gasteiger partial charge in [-0.05, 0) is 30.5 Å². The van der Waals surface area contributed by atoms with Crippen molar-refractivity contribution in [2.75, 3.05) is 13.7 Å². The largest absolute Gasteiger partial charge is 0.497 e. The Morgan fingerprint density at radius 3 is 2.63 bits per heavy atom. The van der Waals surface area contributed by atoms with E-state index in [4.69, 9.17) is 9.47 Å². The topological polar surface area (TPSA) is 70.4 Å². The normalized spacial score (nSPS) is 12.1. The average molecular weight is 386 g/mol. The summed E-state index contributed by atoms with van der Waals surface area (Å²) >= 11 is 1.41. The van der Waals surface area contributed by atoms with Gasteiger partial charge in [0, 0.05) is 10.9 Å². The first-order chi connectivity index (χ1) is 13.1. The van der Waals surface area contributed by atoms with E-state index in [2.05, 4.69) is 4.98 Å². The number of aromatic nitrogens is 2. The summed E-state index contributed by atoms with van der Waals surface area (Å²) in [4.78, 5) is 30.6. The maximum Gasteiger partial charge on any atom is 0.329 e. The maximum atomic E-state index is 13.2. The molecular weight excluding hydrogens is 364 g/mol. The van der Waals surface area contributed by atoms with E-state index in [-0.39, 0.29) is 5.56 Å². The van der Waals surface area contributed by atoms with Gasteiger partial charge in [-0.2, -0.15) is 0 Å². The molecule has 6 nitrogen and oxygen atoms in total. The molecule has 1 unspecified atom stereocenters. The van der Waals surface area contributed by atoms with E-state index in [1.807, 2.05) is 43.5 Å². The molecule has 0 aliphatic carbocycles. The van der Waals surface area contributed by atoms with Crippen LogP contribution in [0.15, 0.2) is 40.8 Å². The second-order valence-corrected chi connectivity index (χ2v) is 6.96. The lowest BCUT2D eigenvalue weighted by Crippen LogP contribution is -2.31. The van der Waals surface area contributed by atoms with Gasteiger partial charge in [-0.3, -0.25) is 9.36 Å². The SMILES string of the molecule is CCCOC(=O)C(CC)n1cnc2scc(-c3ccc(OC)cc3)c2c1=O. The third-order valence-corrected chi connectivity index (χ3v) is 5.25. The van der Waals surface area contributed by atoms with Crippen molar-refractivity contribution in [3.63, 3.8) is 0 Å². The molecule has 0 bridgehead atoms. The molecule has 1 atom stereocenters. The molecule has 0 saturated carbocycles. The number of carbonyl (C=O) groups is 1. The van der Waals surface area contributed by atoms with Crippen LogP contribution in [0.4, 0.5) is 0 Å². The molecule has 3 rings (SSSR count). The molecule has 0 saturated heterocycles. The smallest absolute Gasteiger partial charge is 0.329 e. The van der Waals surface area contributed by atoms with Gasteiger partial charge in [-0.15, -0.1) is 11.3 Å². The summed E-state index contributed by atoms with van der Waals surface area (Å²) in [6, 6.07) is 6.84. The number of methoxy groups -OCH3 is 1. The highest BCUT2D eigenvalue weighted by Crippen LogP contribution is 2.32. The minimum absolute atomic E-state index is 0.229. The number of carbonyl (C=O) groups excluding carboxylic acids is 1. The van der Waals surface area contributed by atoms with E-state index < -0.39 is 12.0 Å². The summed E-state index contributed by atoms with van der Waals surface area (Å²) in [5.41, 5.74) is 1.48. The molecule has 0 spiro atoms. The van der Waals surface area contributed by atoms with Crippen molar-refractivity contribution < 1.29 is 14.3 Å². The number of benzene rings is 1. The quantitative estimate of drug-likeness (QED) is 0.573. The molecule has 7 heteroatoms. The highest BCUT2D eigenvalue weighted by molar-refractivity contribution is 7.17. The molecule has 2 aromatic heterocycles. The van der Waals surface area contributed by atoms with E-state index in [1.54, 1.807) is 7.11 Å². The molecular formula is C20H22N2O4S. The predicted molar refractivity (Wildman–Crippen MR) is 106 cm³/mol. The van der Waals surface area contributed by atoms with Crippen LogP contribution in [0.5, 0.6) is 5.75 Å². The Kier molecular flexibility index (Phi) is 5.91. The molecule has 142 valence electrons. The molecule has 2 heterocycles. The standard InChI is InChI=1S/C20H22N2O4S/c1-4-10-26-20(24)16(5-2)22-12-21-18-17(19(22)23)15(11-27-18)13-6-8-14(25-3)9-7-13/h6-9,11-12,16H,4-5,10H2,1-3H3. The van der Waals surface area contributed by atoms with Gasteiger partial charge < -0.3 is 9.47 Å². The van der Waals surface area contributed by atoms with E-state index >= 15 is 0 Å². The second-order valence-electron chi connectivity index (χ2n) is 6.11. The van der Waals surface area contributed by atoms with Crippen LogP contribution in [-0.4, -0.2) is 29.2 Å². The number of hydrogen-bond acceptors (Lipinski definition) is 6. The van der Waals surface area contributed by atoms with Crippen LogP contribution in [0.1, 0.15) is 32.7 Å². The maximum absolute atomic E-state index is 13.2. The van der Waals surface area contributed by atoms with Crippen molar-refractivity contribution in [2.24, 2.45) is 0 Å². The predicted octanol–water partition coefficient (Wildman–Crippen LogP) is 4.04. The van der Waals surface area contributed by atoms with E-state index in [9.17, 15) is 9.59 Å². The number of ether oxygens (including phenoxy) is 2. The number of esters is 1. The lowest BCUT2D eigenvalue weighted by atomic mass is 10.1. The summed E-state index contributed by atoms with van der Waals surface area (Å²) in [5, 5.41) is 2.44. The fourth-order valence-corrected chi connectivity index (χ4v) is 3.83. The molecule has 1 aromatic carbocycles. The first-order valence-corrected chi connectivity index (χ1v) is 9.78. The van der Waals surface area contributed by atoms with Gasteiger partial charge in [0.1, 0.15) is 16.6 Å². The van der Waals surface area contributed by atoms with Gasteiger partial charge in [0.2, 0.25) is 0 Å². The van der Waals surface area contributed by atoms with Crippen molar-refractivity contribution in [3.05, 3.63) is 46.3 Å². The first-order valence-electron chi connectivity index (χ1n) is 8.90. The molecule has 0 aliphatic heterocycles. The van der Waals surface area contributed by atoms with E-state index in [0.29, 0.717) is 23.2 Å². The summed E-state index contributed by atoms with van der Waals surface area (Å²) in [7, 11) is 1.61. The number of rotatable bonds is 7. The minimum Gasteiger partial charge on any atom is -0.497 e. The van der Waals surface area contributed by atoms with Crippen molar-refractivity contribution in [1.82, 2.24) is 9.55 Å². The molecule has 3 aromatic rings. The summed E-state index contributed by atoms with van der Waals surface area (Å²) < 4.78 is 11.8. The van der Waals surface area contributed by atoms with E-state index in [1.165, 1.54) is 22.2 Å². The molecule has 27 heavy (non-hydrogen) atoms. The lowest BCUT2D eigenvalue weighted by Gasteiger charge is -2.16. The van der Waals surface area contributed by atoms with Gasteiger partial charge >= 0.3 is 5.97 Å². The minimum atomic E-state index is -0.676. The molecule has 0 amide bonds. The van der Waals surface area contributed by atoms with Crippen molar-refractivity contribution in [2.45, 2.75) is 32.7 Å². The van der Waals surface area contributed by atoms with Crippen molar-refractivity contribution in [1.29, 1.82) is 0 Å². The van der Waals surface area contributed by atoms with Crippen LogP contribution >= 0.6 is 11.3 Å². The number of hydrogen-bond donors (Lipinski definition) is 0. The highest BCUT2D eigenvalue weighted by atomic mass is 32.1. The van der Waals surface area contributed by atoms with Gasteiger partial charge in [-0.25, -0.2) is 9.78 Å². The van der Waals surface area contributed by atoms with Crippen LogP contribution < -0.4 is 10.3 Å². The van der Waals surface area contributed by atoms with Crippen LogP contribution in [-0.2, 0) is 9.53 Å². The van der Waals surface area contributed by atoms with Crippen molar-refractivity contribution in [3.8, 4) is 16.9 Å². The van der Waals surface area contributed by atoms with Crippen LogP contribution in [0.25, 0.3) is 21.3 Å². The van der Waals surface area contributed by atoms with Gasteiger partial charge in [0.15, 0.2) is 0 Å². The average Bonchev–Trinajstić information content (AvgIpc) is 3.13. The lowest BCUT2D eigenvalue weighted by molar-refractivity contribution is -0.147. The molecule has 0 N–H and O–H groups in total. The Bertz CT molecular complexity index is 991. The zero-order valence-electron chi connectivity index (χ0n) is 15.6. The highest BCUT2D eigenvalue weighted by Gasteiger charge is 2.23.